The molecule has 2 aliphatic heterocycles. The van der Waals surface area contributed by atoms with Crippen LogP contribution >= 0.6 is 0 Å². The van der Waals surface area contributed by atoms with E-state index in [4.69, 9.17) is 0 Å². The summed E-state index contributed by atoms with van der Waals surface area (Å²) in [6.07, 6.45) is 3.00. The van der Waals surface area contributed by atoms with Crippen LogP contribution in [0, 0.1) is 0 Å². The second-order valence-electron chi connectivity index (χ2n) is 4.63. The second kappa shape index (κ2) is 6.08. The van der Waals surface area contributed by atoms with Crippen molar-refractivity contribution in [3.05, 3.63) is 36.8 Å². The van der Waals surface area contributed by atoms with E-state index in [9.17, 15) is 9.59 Å². The monoisotopic (exact) mass is 298 g/mol. The molecule has 0 saturated carbocycles. The molecule has 0 aliphatic carbocycles. The molecule has 112 valence electrons. The van der Waals surface area contributed by atoms with Gasteiger partial charge < -0.3 is 21.3 Å². The number of benzene rings is 1. The van der Waals surface area contributed by atoms with Crippen LogP contribution in [0.25, 0.3) is 0 Å². The van der Waals surface area contributed by atoms with Crippen molar-refractivity contribution < 1.29 is 9.59 Å². The second-order valence-corrected chi connectivity index (χ2v) is 4.63. The van der Waals surface area contributed by atoms with Crippen molar-refractivity contribution in [3.8, 4) is 0 Å². The first-order valence-corrected chi connectivity index (χ1v) is 6.69. The number of anilines is 4. The summed E-state index contributed by atoms with van der Waals surface area (Å²) in [5, 5.41) is 11.2. The summed E-state index contributed by atoms with van der Waals surface area (Å²) in [6, 6.07) is 7.64. The van der Waals surface area contributed by atoms with Gasteiger partial charge in [-0.1, -0.05) is 12.1 Å². The summed E-state index contributed by atoms with van der Waals surface area (Å²) in [4.78, 5) is 29.3. The molecule has 0 bridgehead atoms. The van der Waals surface area contributed by atoms with E-state index in [0.29, 0.717) is 18.1 Å². The summed E-state index contributed by atoms with van der Waals surface area (Å²) in [5.74, 6) is 0.635. The zero-order valence-corrected chi connectivity index (χ0v) is 11.6. The summed E-state index contributed by atoms with van der Waals surface area (Å²) >= 11 is 0. The molecule has 0 radical (unpaired) electrons. The number of aromatic nitrogens is 2. The van der Waals surface area contributed by atoms with Gasteiger partial charge in [0.1, 0.15) is 12.0 Å². The van der Waals surface area contributed by atoms with Crippen molar-refractivity contribution in [2.45, 2.75) is 0 Å². The number of amides is 2. The maximum Gasteiger partial charge on any atom is 0.243 e. The average Bonchev–Trinajstić information content (AvgIpc) is 2.55. The number of rotatable bonds is 0. The van der Waals surface area contributed by atoms with Gasteiger partial charge in [0.2, 0.25) is 11.8 Å². The van der Waals surface area contributed by atoms with Crippen LogP contribution in [0.15, 0.2) is 36.8 Å². The molecule has 1 aromatic heterocycles. The molecule has 0 unspecified atom stereocenters. The third-order valence-electron chi connectivity index (χ3n) is 3.04. The van der Waals surface area contributed by atoms with Gasteiger partial charge in [-0.05, 0) is 12.1 Å². The predicted molar refractivity (Wildman–Crippen MR) is 82.7 cm³/mol. The molecule has 1 aromatic carbocycles. The molecule has 2 aromatic rings. The average molecular weight is 298 g/mol. The number of hydrogen-bond acceptors (Lipinski definition) is 6. The Morgan fingerprint density at radius 1 is 0.864 bits per heavy atom. The zero-order valence-electron chi connectivity index (χ0n) is 11.6. The van der Waals surface area contributed by atoms with Crippen LogP contribution in [-0.2, 0) is 9.59 Å². The van der Waals surface area contributed by atoms with E-state index < -0.39 is 0 Å². The fourth-order valence-electron chi connectivity index (χ4n) is 2.04. The Kier molecular flexibility index (Phi) is 3.82. The minimum Gasteiger partial charge on any atom is -0.374 e. The van der Waals surface area contributed by atoms with Crippen molar-refractivity contribution >= 4 is 34.7 Å². The fraction of sp³-hybridized carbons (Fsp3) is 0.143. The van der Waals surface area contributed by atoms with E-state index in [1.807, 2.05) is 24.3 Å². The quantitative estimate of drug-likeness (QED) is 0.575. The molecule has 4 rings (SSSR count). The first-order chi connectivity index (χ1) is 10.7. The van der Waals surface area contributed by atoms with E-state index in [1.165, 1.54) is 6.33 Å². The van der Waals surface area contributed by atoms with Crippen molar-refractivity contribution in [1.29, 1.82) is 0 Å². The Balaban J connectivity index is 0.000000131. The number of nitrogens with one attached hydrogen (secondary N) is 4. The lowest BCUT2D eigenvalue weighted by Crippen LogP contribution is -2.28. The molecule has 4 N–H and O–H groups in total. The summed E-state index contributed by atoms with van der Waals surface area (Å²) < 4.78 is 0. The number of nitrogens with zero attached hydrogens (tertiary/aromatic N) is 2. The Bertz CT molecular complexity index is 656. The van der Waals surface area contributed by atoms with E-state index in [2.05, 4.69) is 31.2 Å². The zero-order chi connectivity index (χ0) is 15.4. The summed E-state index contributed by atoms with van der Waals surface area (Å²) in [5.41, 5.74) is 2.50. The highest BCUT2D eigenvalue weighted by Gasteiger charge is 2.13. The summed E-state index contributed by atoms with van der Waals surface area (Å²) in [6.45, 7) is 0.654. The van der Waals surface area contributed by atoms with Gasteiger partial charge in [-0.3, -0.25) is 9.59 Å². The molecule has 0 atom stereocenters. The van der Waals surface area contributed by atoms with Crippen LogP contribution < -0.4 is 21.3 Å². The molecular formula is C14H14N6O2. The number of para-hydroxylation sites is 2. The number of carbonyl (C=O) groups excluding carboxylic acids is 2. The Morgan fingerprint density at radius 2 is 1.55 bits per heavy atom. The van der Waals surface area contributed by atoms with E-state index in [1.54, 1.807) is 6.20 Å². The lowest BCUT2D eigenvalue weighted by molar-refractivity contribution is -0.115. The highest BCUT2D eigenvalue weighted by atomic mass is 16.2. The van der Waals surface area contributed by atoms with Gasteiger partial charge in [0, 0.05) is 0 Å². The van der Waals surface area contributed by atoms with Crippen LogP contribution in [0.2, 0.25) is 0 Å². The summed E-state index contributed by atoms with van der Waals surface area (Å²) in [7, 11) is 0. The first kappa shape index (κ1) is 13.8. The molecule has 0 spiro atoms. The number of hydrogen-bond donors (Lipinski definition) is 4. The standard InChI is InChI=1S/C8H8N2O.C6H6N4O/c11-8-5-9-6-3-1-2-4-7(6)10-8;11-5-2-8-6-4(10-5)1-7-3-9-6/h1-4,9H,5H2,(H,10,11);1,3H,2H2,(H,10,11)(H,7,8,9). The van der Waals surface area contributed by atoms with E-state index >= 15 is 0 Å². The molecule has 0 saturated heterocycles. The van der Waals surface area contributed by atoms with Crippen molar-refractivity contribution in [3.63, 3.8) is 0 Å². The van der Waals surface area contributed by atoms with Crippen LogP contribution in [0.4, 0.5) is 22.9 Å². The number of fused-ring (bicyclic) bond motifs is 2. The van der Waals surface area contributed by atoms with E-state index in [-0.39, 0.29) is 18.4 Å². The van der Waals surface area contributed by atoms with Gasteiger partial charge in [0.25, 0.3) is 0 Å². The molecule has 2 aliphatic rings. The third kappa shape index (κ3) is 3.11. The minimum atomic E-state index is -0.0627. The van der Waals surface area contributed by atoms with E-state index in [0.717, 1.165) is 11.4 Å². The van der Waals surface area contributed by atoms with Gasteiger partial charge in [0.05, 0.1) is 30.7 Å². The van der Waals surface area contributed by atoms with Crippen LogP contribution in [-0.4, -0.2) is 34.9 Å². The largest absolute Gasteiger partial charge is 0.374 e. The highest BCUT2D eigenvalue weighted by molar-refractivity contribution is 6.00. The number of carbonyl (C=O) groups is 2. The normalized spacial score (nSPS) is 14.7. The highest BCUT2D eigenvalue weighted by Crippen LogP contribution is 2.22. The molecule has 8 nitrogen and oxygen atoms in total. The molecule has 3 heterocycles. The smallest absolute Gasteiger partial charge is 0.243 e. The lowest BCUT2D eigenvalue weighted by Gasteiger charge is -2.17. The molecule has 0 fully saturated rings. The van der Waals surface area contributed by atoms with Gasteiger partial charge in [-0.2, -0.15) is 0 Å². The van der Waals surface area contributed by atoms with Crippen molar-refractivity contribution in [2.75, 3.05) is 34.4 Å². The van der Waals surface area contributed by atoms with Crippen LogP contribution in [0.5, 0.6) is 0 Å². The van der Waals surface area contributed by atoms with Gasteiger partial charge in [0.15, 0.2) is 5.82 Å². The SMILES string of the molecule is O=C1CNc2ccccc2N1.O=C1CNc2ncncc2N1. The molecule has 2 amide bonds. The topological polar surface area (TPSA) is 108 Å². The van der Waals surface area contributed by atoms with Crippen molar-refractivity contribution in [2.24, 2.45) is 0 Å². The molecular weight excluding hydrogens is 284 g/mol. The van der Waals surface area contributed by atoms with Gasteiger partial charge >= 0.3 is 0 Å². The maximum absolute atomic E-state index is 10.9. The predicted octanol–water partition coefficient (Wildman–Crippen LogP) is 0.891. The van der Waals surface area contributed by atoms with Crippen LogP contribution in [0.1, 0.15) is 0 Å². The Hall–Kier alpha value is -3.16. The molecule has 8 heteroatoms. The molecule has 22 heavy (non-hydrogen) atoms. The third-order valence-corrected chi connectivity index (χ3v) is 3.04. The fourth-order valence-corrected chi connectivity index (χ4v) is 2.04. The Morgan fingerprint density at radius 3 is 2.36 bits per heavy atom. The Labute approximate surface area is 126 Å². The maximum atomic E-state index is 10.9. The van der Waals surface area contributed by atoms with Crippen molar-refractivity contribution in [1.82, 2.24) is 9.97 Å². The van der Waals surface area contributed by atoms with Gasteiger partial charge in [-0.25, -0.2) is 9.97 Å². The van der Waals surface area contributed by atoms with Gasteiger partial charge in [-0.15, -0.1) is 0 Å². The minimum absolute atomic E-state index is 0.0173. The van der Waals surface area contributed by atoms with Crippen LogP contribution in [0.3, 0.4) is 0 Å². The lowest BCUT2D eigenvalue weighted by atomic mass is 10.2. The first-order valence-electron chi connectivity index (χ1n) is 6.69.